The highest BCUT2D eigenvalue weighted by Gasteiger charge is 2.04. The molecule has 0 radical (unpaired) electrons. The minimum absolute atomic E-state index is 0.0816. The Morgan fingerprint density at radius 1 is 0.857 bits per heavy atom. The first-order chi connectivity index (χ1) is 10.0. The summed E-state index contributed by atoms with van der Waals surface area (Å²) in [4.78, 5) is 27.9. The summed E-state index contributed by atoms with van der Waals surface area (Å²) in [6, 6.07) is 7.94. The average molecular weight is 316 g/mol. The molecule has 0 N–H and O–H groups in total. The molecule has 2 heterocycles. The Kier molecular flexibility index (Phi) is 5.42. The van der Waals surface area contributed by atoms with Gasteiger partial charge in [0.25, 0.3) is 0 Å². The van der Waals surface area contributed by atoms with Gasteiger partial charge in [0.2, 0.25) is 0 Å². The van der Waals surface area contributed by atoms with Crippen molar-refractivity contribution in [3.8, 4) is 0 Å². The van der Waals surface area contributed by atoms with Crippen molar-refractivity contribution in [3.63, 3.8) is 0 Å². The fourth-order valence-corrected chi connectivity index (χ4v) is 3.29. The standard InChI is InChI=1S/C17H16O2S2/c1-12-3-7-16(20-12)9-5-14(18)11-15(19)6-10-17-8-4-13(2)21-17/h3-10H,11H2,1-2H3/b9-5+,10-6+. The summed E-state index contributed by atoms with van der Waals surface area (Å²) in [6.07, 6.45) is 6.40. The highest BCUT2D eigenvalue weighted by atomic mass is 32.1. The smallest absolute Gasteiger partial charge is 0.163 e. The molecular weight excluding hydrogens is 300 g/mol. The summed E-state index contributed by atoms with van der Waals surface area (Å²) in [5, 5.41) is 0. The second-order valence-electron chi connectivity index (χ2n) is 4.67. The number of ketones is 2. The molecule has 2 rings (SSSR count). The van der Waals surface area contributed by atoms with Crippen LogP contribution in [-0.2, 0) is 9.59 Å². The molecule has 0 aliphatic heterocycles. The summed E-state index contributed by atoms with van der Waals surface area (Å²) in [6.45, 7) is 4.04. The first-order valence-electron chi connectivity index (χ1n) is 6.57. The van der Waals surface area contributed by atoms with E-state index in [9.17, 15) is 9.59 Å². The highest BCUT2D eigenvalue weighted by molar-refractivity contribution is 7.13. The number of aryl methyl sites for hydroxylation is 2. The number of hydrogen-bond donors (Lipinski definition) is 0. The normalized spacial score (nSPS) is 11.5. The maximum absolute atomic E-state index is 11.7. The summed E-state index contributed by atoms with van der Waals surface area (Å²) in [5.41, 5.74) is 0. The maximum Gasteiger partial charge on any atom is 0.163 e. The van der Waals surface area contributed by atoms with Crippen molar-refractivity contribution in [1.29, 1.82) is 0 Å². The quantitative estimate of drug-likeness (QED) is 0.573. The van der Waals surface area contributed by atoms with Gasteiger partial charge in [-0.1, -0.05) is 0 Å². The van der Waals surface area contributed by atoms with Gasteiger partial charge in [-0.3, -0.25) is 9.59 Å². The van der Waals surface area contributed by atoms with Crippen LogP contribution in [0.15, 0.2) is 36.4 Å². The molecule has 2 nitrogen and oxygen atoms in total. The molecule has 2 aromatic heterocycles. The molecule has 4 heteroatoms. The van der Waals surface area contributed by atoms with Crippen LogP contribution in [0.5, 0.6) is 0 Å². The SMILES string of the molecule is Cc1ccc(/C=C/C(=O)CC(=O)/C=C/c2ccc(C)s2)s1. The zero-order chi connectivity index (χ0) is 15.2. The Morgan fingerprint density at radius 3 is 1.62 bits per heavy atom. The number of hydrogen-bond acceptors (Lipinski definition) is 4. The summed E-state index contributed by atoms with van der Waals surface area (Å²) >= 11 is 3.24. The van der Waals surface area contributed by atoms with Crippen LogP contribution in [0.3, 0.4) is 0 Å². The van der Waals surface area contributed by atoms with Crippen LogP contribution >= 0.6 is 22.7 Å². The maximum atomic E-state index is 11.7. The molecule has 0 amide bonds. The van der Waals surface area contributed by atoms with E-state index in [0.29, 0.717) is 0 Å². The van der Waals surface area contributed by atoms with Crippen molar-refractivity contribution >= 4 is 46.4 Å². The van der Waals surface area contributed by atoms with Crippen molar-refractivity contribution in [2.24, 2.45) is 0 Å². The summed E-state index contributed by atoms with van der Waals surface area (Å²) in [5.74, 6) is -0.337. The number of allylic oxidation sites excluding steroid dienone is 2. The van der Waals surface area contributed by atoms with Crippen molar-refractivity contribution < 1.29 is 9.59 Å². The Morgan fingerprint density at radius 2 is 1.29 bits per heavy atom. The topological polar surface area (TPSA) is 34.1 Å². The Bertz CT molecular complexity index is 642. The van der Waals surface area contributed by atoms with E-state index < -0.39 is 0 Å². The van der Waals surface area contributed by atoms with Crippen LogP contribution in [0.1, 0.15) is 25.9 Å². The molecular formula is C17H16O2S2. The van der Waals surface area contributed by atoms with Gasteiger partial charge in [0, 0.05) is 19.5 Å². The molecule has 0 saturated heterocycles. The van der Waals surface area contributed by atoms with E-state index in [2.05, 4.69) is 0 Å². The van der Waals surface area contributed by atoms with Gasteiger partial charge in [0.15, 0.2) is 11.6 Å². The molecule has 21 heavy (non-hydrogen) atoms. The molecule has 0 spiro atoms. The third-order valence-corrected chi connectivity index (χ3v) is 4.67. The largest absolute Gasteiger partial charge is 0.294 e. The Balaban J connectivity index is 1.86. The number of carbonyl (C=O) groups excluding carboxylic acids is 2. The van der Waals surface area contributed by atoms with E-state index in [1.165, 1.54) is 21.9 Å². The van der Waals surface area contributed by atoms with Gasteiger partial charge >= 0.3 is 0 Å². The fraction of sp³-hybridized carbons (Fsp3) is 0.176. The molecule has 2 aromatic rings. The molecule has 0 bridgehead atoms. The van der Waals surface area contributed by atoms with Crippen molar-refractivity contribution in [2.75, 3.05) is 0 Å². The van der Waals surface area contributed by atoms with Gasteiger partial charge in [-0.25, -0.2) is 0 Å². The minimum Gasteiger partial charge on any atom is -0.294 e. The van der Waals surface area contributed by atoms with E-state index in [-0.39, 0.29) is 18.0 Å². The van der Waals surface area contributed by atoms with Crippen LogP contribution < -0.4 is 0 Å². The van der Waals surface area contributed by atoms with Crippen molar-refractivity contribution in [2.45, 2.75) is 20.3 Å². The van der Waals surface area contributed by atoms with Crippen LogP contribution in [0.2, 0.25) is 0 Å². The van der Waals surface area contributed by atoms with Crippen LogP contribution in [-0.4, -0.2) is 11.6 Å². The second-order valence-corrected chi connectivity index (χ2v) is 7.31. The van der Waals surface area contributed by atoms with Gasteiger partial charge in [-0.2, -0.15) is 0 Å². The third-order valence-electron chi connectivity index (χ3n) is 2.74. The lowest BCUT2D eigenvalue weighted by Crippen LogP contribution is -2.01. The van der Waals surface area contributed by atoms with Crippen molar-refractivity contribution in [1.82, 2.24) is 0 Å². The van der Waals surface area contributed by atoms with Gasteiger partial charge in [0.1, 0.15) is 0 Å². The Hall–Kier alpha value is -1.78. The number of thiophene rings is 2. The predicted molar refractivity (Wildman–Crippen MR) is 90.8 cm³/mol. The molecule has 0 aliphatic carbocycles. The van der Waals surface area contributed by atoms with E-state index in [1.807, 2.05) is 38.1 Å². The highest BCUT2D eigenvalue weighted by Crippen LogP contribution is 2.17. The van der Waals surface area contributed by atoms with Crippen LogP contribution in [0.25, 0.3) is 12.2 Å². The Labute approximate surface area is 132 Å². The van der Waals surface area contributed by atoms with Crippen LogP contribution in [0.4, 0.5) is 0 Å². The number of rotatable bonds is 6. The van der Waals surface area contributed by atoms with Gasteiger partial charge in [0.05, 0.1) is 6.42 Å². The zero-order valence-electron chi connectivity index (χ0n) is 12.0. The first kappa shape index (κ1) is 15.6. The molecule has 0 aromatic carbocycles. The van der Waals surface area contributed by atoms with E-state index in [1.54, 1.807) is 34.8 Å². The molecule has 0 aliphatic rings. The fourth-order valence-electron chi connectivity index (χ4n) is 1.73. The molecule has 0 unspecified atom stereocenters. The van der Waals surface area contributed by atoms with Crippen molar-refractivity contribution in [3.05, 3.63) is 55.9 Å². The second kappa shape index (κ2) is 7.29. The zero-order valence-corrected chi connectivity index (χ0v) is 13.6. The van der Waals surface area contributed by atoms with E-state index in [4.69, 9.17) is 0 Å². The van der Waals surface area contributed by atoms with Gasteiger partial charge in [-0.15, -0.1) is 22.7 Å². The van der Waals surface area contributed by atoms with E-state index >= 15 is 0 Å². The minimum atomic E-state index is -0.168. The summed E-state index contributed by atoms with van der Waals surface area (Å²) < 4.78 is 0. The van der Waals surface area contributed by atoms with E-state index in [0.717, 1.165) is 9.75 Å². The molecule has 0 fully saturated rings. The average Bonchev–Trinajstić information content (AvgIpc) is 3.03. The van der Waals surface area contributed by atoms with Crippen LogP contribution in [0, 0.1) is 13.8 Å². The first-order valence-corrected chi connectivity index (χ1v) is 8.21. The monoisotopic (exact) mass is 316 g/mol. The van der Waals surface area contributed by atoms with Gasteiger partial charge < -0.3 is 0 Å². The lowest BCUT2D eigenvalue weighted by Gasteiger charge is -1.90. The third kappa shape index (κ3) is 5.25. The molecule has 0 atom stereocenters. The lowest BCUT2D eigenvalue weighted by atomic mass is 10.1. The predicted octanol–water partition coefficient (Wildman–Crippen LogP) is 4.68. The number of carbonyl (C=O) groups is 2. The molecule has 108 valence electrons. The summed E-state index contributed by atoms with van der Waals surface area (Å²) in [7, 11) is 0. The molecule has 0 saturated carbocycles. The van der Waals surface area contributed by atoms with Gasteiger partial charge in [-0.05, 0) is 62.4 Å². The lowest BCUT2D eigenvalue weighted by molar-refractivity contribution is -0.121.